The van der Waals surface area contributed by atoms with Crippen LogP contribution in [0, 0.1) is 0 Å². The van der Waals surface area contributed by atoms with Crippen LogP contribution in [0.25, 0.3) is 0 Å². The molecule has 3 aliphatic rings. The molecule has 0 amide bonds. The van der Waals surface area contributed by atoms with Crippen molar-refractivity contribution in [1.29, 1.82) is 0 Å². The van der Waals surface area contributed by atoms with Crippen molar-refractivity contribution in [3.8, 4) is 0 Å². The van der Waals surface area contributed by atoms with Gasteiger partial charge in [-0.05, 0) is 52.5 Å². The monoisotopic (exact) mass is 237 g/mol. The predicted molar refractivity (Wildman–Crippen MR) is 70.7 cm³/mol. The Morgan fingerprint density at radius 1 is 0.882 bits per heavy atom. The van der Waals surface area contributed by atoms with Crippen molar-refractivity contribution >= 4 is 0 Å². The van der Waals surface area contributed by atoms with Crippen molar-refractivity contribution in [2.45, 2.75) is 76.5 Å². The van der Waals surface area contributed by atoms with E-state index < -0.39 is 0 Å². The van der Waals surface area contributed by atoms with E-state index in [1.807, 2.05) is 0 Å². The molecule has 0 aromatic carbocycles. The third-order valence-electron chi connectivity index (χ3n) is 5.11. The molecule has 17 heavy (non-hydrogen) atoms. The summed E-state index contributed by atoms with van der Waals surface area (Å²) in [7, 11) is 0. The largest absolute Gasteiger partial charge is 0.299 e. The first-order chi connectivity index (χ1) is 8.25. The van der Waals surface area contributed by atoms with Crippen LogP contribution in [0.15, 0.2) is 0 Å². The average molecular weight is 237 g/mol. The fourth-order valence-electron chi connectivity index (χ4n) is 4.10. The smallest absolute Gasteiger partial charge is 0.0383 e. The van der Waals surface area contributed by atoms with Crippen LogP contribution in [0.3, 0.4) is 0 Å². The summed E-state index contributed by atoms with van der Waals surface area (Å²) in [4.78, 5) is 2.69. The predicted octanol–water partition coefficient (Wildman–Crippen LogP) is 1.99. The first kappa shape index (κ1) is 11.9. The number of piperidine rings is 1. The van der Waals surface area contributed by atoms with Crippen LogP contribution in [-0.2, 0) is 0 Å². The molecule has 3 rings (SSSR count). The van der Waals surface area contributed by atoms with Gasteiger partial charge in [0.1, 0.15) is 0 Å². The van der Waals surface area contributed by atoms with E-state index in [1.165, 1.54) is 51.6 Å². The maximum absolute atomic E-state index is 3.88. The van der Waals surface area contributed by atoms with Gasteiger partial charge in [-0.3, -0.25) is 4.90 Å². The molecule has 98 valence electrons. The molecule has 0 aliphatic carbocycles. The third kappa shape index (κ3) is 2.25. The minimum Gasteiger partial charge on any atom is -0.299 e. The highest BCUT2D eigenvalue weighted by molar-refractivity contribution is 4.96. The van der Waals surface area contributed by atoms with Crippen molar-refractivity contribution in [3.05, 3.63) is 0 Å². The molecule has 3 heterocycles. The molecule has 0 aromatic rings. The lowest BCUT2D eigenvalue weighted by molar-refractivity contribution is 0.0248. The summed E-state index contributed by atoms with van der Waals surface area (Å²) >= 11 is 0. The molecule has 3 fully saturated rings. The summed E-state index contributed by atoms with van der Waals surface area (Å²) in [5, 5.41) is 2.57. The first-order valence-corrected chi connectivity index (χ1v) is 7.54. The topological polar surface area (TPSA) is 18.5 Å². The van der Waals surface area contributed by atoms with Crippen LogP contribution in [0.5, 0.6) is 0 Å². The van der Waals surface area contributed by atoms with Crippen molar-refractivity contribution in [2.24, 2.45) is 0 Å². The minimum atomic E-state index is 0.717. The van der Waals surface area contributed by atoms with Gasteiger partial charge in [-0.15, -0.1) is 0 Å². The maximum Gasteiger partial charge on any atom is 0.0383 e. The number of hydrogen-bond donors (Lipinski definition) is 1. The summed E-state index contributed by atoms with van der Waals surface area (Å²) in [6, 6.07) is 2.99. The number of nitrogens with zero attached hydrogens (tertiary/aromatic N) is 2. The molecule has 0 saturated carbocycles. The van der Waals surface area contributed by atoms with Crippen molar-refractivity contribution in [2.75, 3.05) is 13.1 Å². The molecular weight excluding hydrogens is 210 g/mol. The average Bonchev–Trinajstić information content (AvgIpc) is 2.87. The van der Waals surface area contributed by atoms with E-state index in [2.05, 4.69) is 29.2 Å². The molecule has 0 aromatic heterocycles. The number of hydrogen-bond acceptors (Lipinski definition) is 3. The van der Waals surface area contributed by atoms with Gasteiger partial charge in [-0.1, -0.05) is 6.42 Å². The van der Waals surface area contributed by atoms with Gasteiger partial charge in [0.05, 0.1) is 0 Å². The van der Waals surface area contributed by atoms with E-state index in [-0.39, 0.29) is 0 Å². The van der Waals surface area contributed by atoms with Gasteiger partial charge >= 0.3 is 0 Å². The first-order valence-electron chi connectivity index (χ1n) is 7.54. The van der Waals surface area contributed by atoms with E-state index >= 15 is 0 Å². The van der Waals surface area contributed by atoms with Crippen LogP contribution in [-0.4, -0.2) is 47.2 Å². The SMILES string of the molecule is CC1CCCC(C)N1NC1CCN2CCCC12. The Labute approximate surface area is 106 Å². The number of fused-ring (bicyclic) bond motifs is 1. The summed E-state index contributed by atoms with van der Waals surface area (Å²) in [6.45, 7) is 7.42. The Morgan fingerprint density at radius 3 is 2.41 bits per heavy atom. The Morgan fingerprint density at radius 2 is 1.65 bits per heavy atom. The maximum atomic E-state index is 3.88. The van der Waals surface area contributed by atoms with Crippen LogP contribution in [0.1, 0.15) is 52.4 Å². The zero-order valence-corrected chi connectivity index (χ0v) is 11.4. The highest BCUT2D eigenvalue weighted by Crippen LogP contribution is 2.29. The third-order valence-corrected chi connectivity index (χ3v) is 5.11. The molecule has 0 radical (unpaired) electrons. The molecule has 4 atom stereocenters. The molecule has 1 N–H and O–H groups in total. The Hall–Kier alpha value is -0.120. The second-order valence-corrected chi connectivity index (χ2v) is 6.31. The van der Waals surface area contributed by atoms with Crippen molar-refractivity contribution < 1.29 is 0 Å². The summed E-state index contributed by atoms with van der Waals surface area (Å²) < 4.78 is 0. The van der Waals surface area contributed by atoms with Crippen molar-refractivity contribution in [1.82, 2.24) is 15.3 Å². The van der Waals surface area contributed by atoms with E-state index in [0.29, 0.717) is 12.1 Å². The van der Waals surface area contributed by atoms with E-state index in [4.69, 9.17) is 0 Å². The standard InChI is InChI=1S/C14H27N3/c1-11-5-3-6-12(2)17(11)15-13-8-10-16-9-4-7-14(13)16/h11-15H,3-10H2,1-2H3. The molecule has 0 spiro atoms. The Bertz CT molecular complexity index is 258. The summed E-state index contributed by atoms with van der Waals surface area (Å²) in [6.07, 6.45) is 8.29. The van der Waals surface area contributed by atoms with Crippen LogP contribution in [0.4, 0.5) is 0 Å². The van der Waals surface area contributed by atoms with Gasteiger partial charge in [-0.25, -0.2) is 10.4 Å². The quantitative estimate of drug-likeness (QED) is 0.792. The Balaban J connectivity index is 1.62. The molecule has 3 saturated heterocycles. The van der Waals surface area contributed by atoms with Gasteiger partial charge in [-0.2, -0.15) is 0 Å². The molecule has 0 bridgehead atoms. The molecule has 3 aliphatic heterocycles. The number of hydrazine groups is 1. The highest BCUT2D eigenvalue weighted by atomic mass is 15.6. The molecule has 4 unspecified atom stereocenters. The summed E-state index contributed by atoms with van der Waals surface area (Å²) in [5.41, 5.74) is 3.88. The highest BCUT2D eigenvalue weighted by Gasteiger charge is 2.39. The lowest BCUT2D eigenvalue weighted by Gasteiger charge is -2.41. The lowest BCUT2D eigenvalue weighted by Crippen LogP contribution is -2.57. The van der Waals surface area contributed by atoms with Gasteiger partial charge in [0, 0.05) is 30.7 Å². The fraction of sp³-hybridized carbons (Fsp3) is 1.00. The fourth-order valence-corrected chi connectivity index (χ4v) is 4.10. The lowest BCUT2D eigenvalue weighted by atomic mass is 9.99. The molecule has 3 heteroatoms. The minimum absolute atomic E-state index is 0.717. The van der Waals surface area contributed by atoms with E-state index in [0.717, 1.165) is 12.1 Å². The van der Waals surface area contributed by atoms with E-state index in [9.17, 15) is 0 Å². The van der Waals surface area contributed by atoms with Crippen LogP contribution < -0.4 is 5.43 Å². The number of nitrogens with one attached hydrogen (secondary N) is 1. The van der Waals surface area contributed by atoms with E-state index in [1.54, 1.807) is 0 Å². The van der Waals surface area contributed by atoms with Crippen LogP contribution in [0.2, 0.25) is 0 Å². The zero-order valence-electron chi connectivity index (χ0n) is 11.4. The molecular formula is C14H27N3. The van der Waals surface area contributed by atoms with Gasteiger partial charge in [0.25, 0.3) is 0 Å². The molecule has 3 nitrogen and oxygen atoms in total. The van der Waals surface area contributed by atoms with Crippen LogP contribution >= 0.6 is 0 Å². The summed E-state index contributed by atoms with van der Waals surface area (Å²) in [5.74, 6) is 0. The normalized spacial score (nSPS) is 44.1. The van der Waals surface area contributed by atoms with Crippen molar-refractivity contribution in [3.63, 3.8) is 0 Å². The van der Waals surface area contributed by atoms with Gasteiger partial charge in [0.15, 0.2) is 0 Å². The van der Waals surface area contributed by atoms with Gasteiger partial charge < -0.3 is 0 Å². The van der Waals surface area contributed by atoms with Gasteiger partial charge in [0.2, 0.25) is 0 Å². The number of rotatable bonds is 2. The zero-order chi connectivity index (χ0) is 11.8. The Kier molecular flexibility index (Phi) is 3.42. The second-order valence-electron chi connectivity index (χ2n) is 6.31. The second kappa shape index (κ2) is 4.87.